The van der Waals surface area contributed by atoms with Crippen LogP contribution in [-0.2, 0) is 4.79 Å². The van der Waals surface area contributed by atoms with Crippen molar-refractivity contribution in [3.8, 4) is 23.0 Å². The van der Waals surface area contributed by atoms with E-state index >= 15 is 0 Å². The van der Waals surface area contributed by atoms with E-state index in [1.54, 1.807) is 79.7 Å². The number of allylic oxidation sites excluding steroid dienone is 1. The number of methoxy groups -OCH3 is 4. The summed E-state index contributed by atoms with van der Waals surface area (Å²) in [6, 6.07) is 28.9. The molecule has 0 aliphatic rings. The Hall–Kier alpha value is -5.83. The van der Waals surface area contributed by atoms with Crippen LogP contribution in [0.5, 0.6) is 23.0 Å². The fourth-order valence-electron chi connectivity index (χ4n) is 4.43. The molecule has 238 valence electrons. The molecule has 4 rings (SSSR count). The fraction of sp³-hybridized carbons (Fsp3) is 0.162. The van der Waals surface area contributed by atoms with Crippen LogP contribution < -0.4 is 28.7 Å². The predicted molar refractivity (Wildman–Crippen MR) is 181 cm³/mol. The van der Waals surface area contributed by atoms with Gasteiger partial charge in [0.25, 0.3) is 11.8 Å². The smallest absolute Gasteiger partial charge is 0.258 e. The van der Waals surface area contributed by atoms with Gasteiger partial charge in [-0.3, -0.25) is 14.4 Å². The number of benzene rings is 4. The number of amides is 2. The van der Waals surface area contributed by atoms with Crippen LogP contribution in [0.2, 0.25) is 0 Å². The minimum atomic E-state index is -0.197. The first-order chi connectivity index (χ1) is 22.4. The van der Waals surface area contributed by atoms with Gasteiger partial charge in [0.2, 0.25) is 0 Å². The monoisotopic (exact) mass is 622 g/mol. The van der Waals surface area contributed by atoms with Crippen molar-refractivity contribution in [2.24, 2.45) is 0 Å². The van der Waals surface area contributed by atoms with Gasteiger partial charge in [-0.2, -0.15) is 0 Å². The Morgan fingerprint density at radius 2 is 1.02 bits per heavy atom. The van der Waals surface area contributed by atoms with Gasteiger partial charge in [0, 0.05) is 35.6 Å². The van der Waals surface area contributed by atoms with Crippen LogP contribution in [0.25, 0.3) is 0 Å². The van der Waals surface area contributed by atoms with Crippen LogP contribution in [0.15, 0.2) is 122 Å². The first-order valence-electron chi connectivity index (χ1n) is 14.3. The quantitative estimate of drug-likeness (QED) is 0.0937. The summed E-state index contributed by atoms with van der Waals surface area (Å²) in [5, 5.41) is 0. The maximum absolute atomic E-state index is 12.9. The third-order valence-electron chi connectivity index (χ3n) is 6.70. The molecule has 4 aromatic rings. The molecular formula is C37H38N2O7. The summed E-state index contributed by atoms with van der Waals surface area (Å²) in [6.45, 7) is 4.44. The van der Waals surface area contributed by atoms with Gasteiger partial charge in [0.15, 0.2) is 23.0 Å². The predicted octanol–water partition coefficient (Wildman–Crippen LogP) is 6.64. The Labute approximate surface area is 269 Å². The maximum atomic E-state index is 12.9. The second-order valence-electron chi connectivity index (χ2n) is 9.50. The number of carbonyl (C=O) groups is 3. The minimum Gasteiger partial charge on any atom is -0.493 e. The highest BCUT2D eigenvalue weighted by atomic mass is 16.5. The number of anilines is 2. The van der Waals surface area contributed by atoms with E-state index in [1.807, 2.05) is 60.7 Å². The zero-order valence-electron chi connectivity index (χ0n) is 26.4. The van der Waals surface area contributed by atoms with Gasteiger partial charge < -0.3 is 28.7 Å². The van der Waals surface area contributed by atoms with Crippen molar-refractivity contribution in [1.29, 1.82) is 0 Å². The molecule has 0 unspecified atom stereocenters. The Kier molecular flexibility index (Phi) is 13.6. The second-order valence-corrected chi connectivity index (χ2v) is 9.50. The highest BCUT2D eigenvalue weighted by Gasteiger charge is 2.19. The van der Waals surface area contributed by atoms with E-state index < -0.39 is 0 Å². The molecule has 0 fully saturated rings. The molecule has 0 saturated heterocycles. The number of hydrogen-bond donors (Lipinski definition) is 0. The third kappa shape index (κ3) is 9.09. The van der Waals surface area contributed by atoms with E-state index in [0.717, 1.165) is 11.4 Å². The molecule has 0 aromatic heterocycles. The maximum Gasteiger partial charge on any atom is 0.258 e. The average Bonchev–Trinajstić information content (AvgIpc) is 3.12. The molecule has 2 amide bonds. The molecule has 0 heterocycles. The molecule has 0 aliphatic heterocycles. The first-order valence-corrected chi connectivity index (χ1v) is 14.3. The molecule has 0 bridgehead atoms. The van der Waals surface area contributed by atoms with Gasteiger partial charge in [-0.05, 0) is 66.7 Å². The van der Waals surface area contributed by atoms with E-state index in [-0.39, 0.29) is 18.4 Å². The fourth-order valence-corrected chi connectivity index (χ4v) is 4.43. The van der Waals surface area contributed by atoms with Gasteiger partial charge in [-0.1, -0.05) is 48.6 Å². The molecule has 9 nitrogen and oxygen atoms in total. The van der Waals surface area contributed by atoms with Crippen LogP contribution in [0.4, 0.5) is 11.4 Å². The number of aldehydes is 1. The summed E-state index contributed by atoms with van der Waals surface area (Å²) in [6.07, 6.45) is 5.40. The molecule has 0 aliphatic carbocycles. The van der Waals surface area contributed by atoms with Crippen LogP contribution in [0, 0.1) is 0 Å². The van der Waals surface area contributed by atoms with E-state index in [4.69, 9.17) is 18.9 Å². The van der Waals surface area contributed by atoms with E-state index in [2.05, 4.69) is 6.58 Å². The topological polar surface area (TPSA) is 94.6 Å². The van der Waals surface area contributed by atoms with Crippen molar-refractivity contribution in [3.05, 3.63) is 133 Å². The second kappa shape index (κ2) is 18.1. The van der Waals surface area contributed by atoms with Crippen LogP contribution >= 0.6 is 0 Å². The Morgan fingerprint density at radius 3 is 1.39 bits per heavy atom. The summed E-state index contributed by atoms with van der Waals surface area (Å²) in [5.74, 6) is 1.85. The molecule has 0 saturated carbocycles. The number of nitrogens with zero attached hydrogens (tertiary/aromatic N) is 2. The molecule has 4 aromatic carbocycles. The Bertz CT molecular complexity index is 1620. The van der Waals surface area contributed by atoms with Crippen LogP contribution in [0.3, 0.4) is 0 Å². The van der Waals surface area contributed by atoms with Crippen molar-refractivity contribution in [2.75, 3.05) is 51.3 Å². The van der Waals surface area contributed by atoms with Crippen LogP contribution in [0.1, 0.15) is 20.7 Å². The van der Waals surface area contributed by atoms with Gasteiger partial charge >= 0.3 is 0 Å². The third-order valence-corrected chi connectivity index (χ3v) is 6.70. The van der Waals surface area contributed by atoms with Gasteiger partial charge in [-0.15, -0.1) is 6.58 Å². The SMILES string of the molecule is C=CCN(C(=O)c1ccc(OC)c(OC)c1)c1ccccc1.COc1ccc(C(=O)N(C/C=C/C=O)c2ccccc2)cc1OC. The van der Waals surface area contributed by atoms with Gasteiger partial charge in [0.1, 0.15) is 6.29 Å². The summed E-state index contributed by atoms with van der Waals surface area (Å²) in [7, 11) is 6.17. The van der Waals surface area contributed by atoms with Gasteiger partial charge in [0.05, 0.1) is 28.4 Å². The van der Waals surface area contributed by atoms with Crippen molar-refractivity contribution >= 4 is 29.5 Å². The molecular weight excluding hydrogens is 584 g/mol. The molecule has 46 heavy (non-hydrogen) atoms. The largest absolute Gasteiger partial charge is 0.493 e. The summed E-state index contributed by atoms with van der Waals surface area (Å²) in [5.41, 5.74) is 2.56. The number of para-hydroxylation sites is 2. The van der Waals surface area contributed by atoms with Crippen LogP contribution in [-0.4, -0.2) is 59.6 Å². The van der Waals surface area contributed by atoms with E-state index in [9.17, 15) is 14.4 Å². The molecule has 0 radical (unpaired) electrons. The van der Waals surface area contributed by atoms with Crippen molar-refractivity contribution in [1.82, 2.24) is 0 Å². The normalized spacial score (nSPS) is 10.2. The lowest BCUT2D eigenvalue weighted by Crippen LogP contribution is -2.31. The molecule has 0 atom stereocenters. The Morgan fingerprint density at radius 1 is 0.609 bits per heavy atom. The number of carbonyl (C=O) groups excluding carboxylic acids is 3. The highest BCUT2D eigenvalue weighted by molar-refractivity contribution is 6.07. The lowest BCUT2D eigenvalue weighted by molar-refractivity contribution is -0.104. The summed E-state index contributed by atoms with van der Waals surface area (Å²) < 4.78 is 20.9. The highest BCUT2D eigenvalue weighted by Crippen LogP contribution is 2.30. The lowest BCUT2D eigenvalue weighted by atomic mass is 10.1. The number of ether oxygens (including phenoxy) is 4. The average molecular weight is 623 g/mol. The lowest BCUT2D eigenvalue weighted by Gasteiger charge is -2.22. The first kappa shape index (κ1) is 34.7. The molecule has 0 spiro atoms. The van der Waals surface area contributed by atoms with Crippen molar-refractivity contribution < 1.29 is 33.3 Å². The van der Waals surface area contributed by atoms with E-state index in [1.165, 1.54) is 13.2 Å². The van der Waals surface area contributed by atoms with Crippen molar-refractivity contribution in [3.63, 3.8) is 0 Å². The summed E-state index contributed by atoms with van der Waals surface area (Å²) >= 11 is 0. The zero-order valence-corrected chi connectivity index (χ0v) is 26.4. The Balaban J connectivity index is 0.000000251. The number of rotatable bonds is 13. The molecule has 9 heteroatoms. The van der Waals surface area contributed by atoms with Gasteiger partial charge in [-0.25, -0.2) is 0 Å². The molecule has 0 N–H and O–H groups in total. The summed E-state index contributed by atoms with van der Waals surface area (Å²) in [4.78, 5) is 39.4. The van der Waals surface area contributed by atoms with Crippen molar-refractivity contribution in [2.45, 2.75) is 0 Å². The number of hydrogen-bond acceptors (Lipinski definition) is 7. The minimum absolute atomic E-state index is 0.118. The van der Waals surface area contributed by atoms with E-state index in [0.29, 0.717) is 47.0 Å². The zero-order chi connectivity index (χ0) is 33.3. The standard InChI is InChI=1S/C19H19NO4.C18H19NO3/c1-23-17-11-10-15(14-18(17)24-2)19(22)20(12-6-7-13-21)16-8-4-3-5-9-16;1-4-12-19(15-8-6-5-7-9-15)18(20)14-10-11-16(21-2)17(13-14)22-3/h3-11,13-14H,12H2,1-2H3;4-11,13H,1,12H2,2-3H3/b7-6+;.